The minimum absolute atomic E-state index is 0.136. The summed E-state index contributed by atoms with van der Waals surface area (Å²) in [7, 11) is 1.59. The van der Waals surface area contributed by atoms with Crippen molar-refractivity contribution in [3.05, 3.63) is 59.0 Å². The van der Waals surface area contributed by atoms with Gasteiger partial charge in [0.25, 0.3) is 0 Å². The van der Waals surface area contributed by atoms with Gasteiger partial charge in [-0.25, -0.2) is 0 Å². The van der Waals surface area contributed by atoms with Gasteiger partial charge in [0.1, 0.15) is 29.1 Å². The highest BCUT2D eigenvalue weighted by atomic mass is 16.5. The maximum absolute atomic E-state index is 12.6. The van der Waals surface area contributed by atoms with Crippen molar-refractivity contribution < 1.29 is 18.6 Å². The Labute approximate surface area is 145 Å². The van der Waals surface area contributed by atoms with Crippen LogP contribution in [0.5, 0.6) is 23.0 Å². The van der Waals surface area contributed by atoms with E-state index in [4.69, 9.17) is 18.6 Å². The molecule has 0 saturated heterocycles. The van der Waals surface area contributed by atoms with Gasteiger partial charge in [-0.15, -0.1) is 0 Å². The van der Waals surface area contributed by atoms with Gasteiger partial charge in [-0.2, -0.15) is 0 Å². The summed E-state index contributed by atoms with van der Waals surface area (Å²) < 4.78 is 21.9. The lowest BCUT2D eigenvalue weighted by atomic mass is 10.2. The first-order chi connectivity index (χ1) is 12.2. The molecular weight excluding hydrogens is 320 g/mol. The second-order valence-corrected chi connectivity index (χ2v) is 5.57. The van der Waals surface area contributed by atoms with Gasteiger partial charge in [0.05, 0.1) is 19.1 Å². The zero-order valence-electron chi connectivity index (χ0n) is 14.3. The number of benzene rings is 2. The molecule has 1 heterocycles. The molecule has 0 radical (unpaired) electrons. The maximum atomic E-state index is 12.6. The minimum Gasteiger partial charge on any atom is -0.497 e. The van der Waals surface area contributed by atoms with E-state index in [2.05, 4.69) is 6.92 Å². The number of unbranched alkanes of at least 4 members (excludes halogenated alkanes) is 1. The van der Waals surface area contributed by atoms with Crippen molar-refractivity contribution in [3.63, 3.8) is 0 Å². The van der Waals surface area contributed by atoms with Crippen molar-refractivity contribution in [1.82, 2.24) is 0 Å². The molecule has 2 aromatic carbocycles. The van der Waals surface area contributed by atoms with E-state index in [1.165, 1.54) is 6.26 Å². The fraction of sp³-hybridized carbons (Fsp3) is 0.250. The fourth-order valence-corrected chi connectivity index (χ4v) is 2.36. The van der Waals surface area contributed by atoms with Crippen LogP contribution in [0.3, 0.4) is 0 Å². The van der Waals surface area contributed by atoms with Crippen LogP contribution in [0, 0.1) is 0 Å². The summed E-state index contributed by atoms with van der Waals surface area (Å²) in [6.07, 6.45) is 3.37. The first-order valence-corrected chi connectivity index (χ1v) is 8.21. The molecule has 0 aliphatic heterocycles. The van der Waals surface area contributed by atoms with Crippen molar-refractivity contribution >= 4 is 11.0 Å². The minimum atomic E-state index is -0.225. The van der Waals surface area contributed by atoms with E-state index >= 15 is 0 Å². The topological polar surface area (TPSA) is 57.9 Å². The number of hydrogen-bond acceptors (Lipinski definition) is 5. The lowest BCUT2D eigenvalue weighted by Crippen LogP contribution is -2.05. The molecule has 3 rings (SSSR count). The largest absolute Gasteiger partial charge is 0.497 e. The molecule has 5 nitrogen and oxygen atoms in total. The molecule has 5 heteroatoms. The van der Waals surface area contributed by atoms with Crippen LogP contribution in [0.4, 0.5) is 0 Å². The first kappa shape index (κ1) is 16.9. The van der Waals surface area contributed by atoms with Gasteiger partial charge in [0.15, 0.2) is 0 Å². The summed E-state index contributed by atoms with van der Waals surface area (Å²) >= 11 is 0. The van der Waals surface area contributed by atoms with E-state index in [1.54, 1.807) is 49.6 Å². The van der Waals surface area contributed by atoms with Gasteiger partial charge in [-0.3, -0.25) is 4.79 Å². The lowest BCUT2D eigenvalue weighted by Gasteiger charge is -2.08. The second kappa shape index (κ2) is 7.75. The average Bonchev–Trinajstić information content (AvgIpc) is 2.65. The lowest BCUT2D eigenvalue weighted by molar-refractivity contribution is 0.309. The summed E-state index contributed by atoms with van der Waals surface area (Å²) in [6.45, 7) is 2.75. The molecule has 0 saturated carbocycles. The molecule has 3 aromatic rings. The molecule has 1 aromatic heterocycles. The highest BCUT2D eigenvalue weighted by molar-refractivity contribution is 5.79. The molecule has 0 unspecified atom stereocenters. The predicted molar refractivity (Wildman–Crippen MR) is 96.0 cm³/mol. The number of rotatable bonds is 7. The average molecular weight is 340 g/mol. The third kappa shape index (κ3) is 3.94. The van der Waals surface area contributed by atoms with E-state index in [9.17, 15) is 4.79 Å². The van der Waals surface area contributed by atoms with Gasteiger partial charge in [0, 0.05) is 6.07 Å². The Balaban J connectivity index is 1.83. The highest BCUT2D eigenvalue weighted by Crippen LogP contribution is 2.25. The number of ether oxygens (including phenoxy) is 3. The van der Waals surface area contributed by atoms with Gasteiger partial charge < -0.3 is 18.6 Å². The molecule has 130 valence electrons. The molecule has 0 atom stereocenters. The van der Waals surface area contributed by atoms with Crippen LogP contribution in [-0.4, -0.2) is 13.7 Å². The SMILES string of the molecule is CCCCOc1ccc2c(=O)c(Oc3ccc(OC)cc3)coc2c1. The van der Waals surface area contributed by atoms with Crippen molar-refractivity contribution in [1.29, 1.82) is 0 Å². The summed E-state index contributed by atoms with van der Waals surface area (Å²) in [5.41, 5.74) is 0.248. The van der Waals surface area contributed by atoms with Crippen LogP contribution in [0.2, 0.25) is 0 Å². The van der Waals surface area contributed by atoms with Gasteiger partial charge in [-0.1, -0.05) is 13.3 Å². The van der Waals surface area contributed by atoms with E-state index < -0.39 is 0 Å². The van der Waals surface area contributed by atoms with E-state index in [-0.39, 0.29) is 11.2 Å². The molecule has 0 fully saturated rings. The number of hydrogen-bond donors (Lipinski definition) is 0. The number of fused-ring (bicyclic) bond motifs is 1. The summed E-state index contributed by atoms with van der Waals surface area (Å²) in [6, 6.07) is 12.2. The summed E-state index contributed by atoms with van der Waals surface area (Å²) in [5.74, 6) is 2.07. The Bertz CT molecular complexity index is 896. The standard InChI is InChI=1S/C20H20O5/c1-3-4-11-23-16-9-10-17-18(12-16)24-13-19(20(17)21)25-15-7-5-14(22-2)6-8-15/h5-10,12-13H,3-4,11H2,1-2H3. The monoisotopic (exact) mass is 340 g/mol. The summed E-state index contributed by atoms with van der Waals surface area (Å²) in [4.78, 5) is 12.6. The van der Waals surface area contributed by atoms with E-state index in [0.29, 0.717) is 34.8 Å². The molecular formula is C20H20O5. The zero-order valence-corrected chi connectivity index (χ0v) is 14.3. The highest BCUT2D eigenvalue weighted by Gasteiger charge is 2.10. The maximum Gasteiger partial charge on any atom is 0.235 e. The Hall–Kier alpha value is -2.95. The zero-order chi connectivity index (χ0) is 17.6. The van der Waals surface area contributed by atoms with Crippen LogP contribution >= 0.6 is 0 Å². The Morgan fingerprint density at radius 3 is 2.44 bits per heavy atom. The molecule has 0 N–H and O–H groups in total. The van der Waals surface area contributed by atoms with Crippen LogP contribution in [0.25, 0.3) is 11.0 Å². The first-order valence-electron chi connectivity index (χ1n) is 8.21. The predicted octanol–water partition coefficient (Wildman–Crippen LogP) is 4.77. The normalized spacial score (nSPS) is 10.6. The van der Waals surface area contributed by atoms with Crippen LogP contribution < -0.4 is 19.6 Å². The second-order valence-electron chi connectivity index (χ2n) is 5.57. The van der Waals surface area contributed by atoms with Crippen molar-refractivity contribution in [2.24, 2.45) is 0 Å². The fourth-order valence-electron chi connectivity index (χ4n) is 2.36. The number of methoxy groups -OCH3 is 1. The van der Waals surface area contributed by atoms with Crippen LogP contribution in [-0.2, 0) is 0 Å². The smallest absolute Gasteiger partial charge is 0.235 e. The van der Waals surface area contributed by atoms with Gasteiger partial charge in [0.2, 0.25) is 11.2 Å². The van der Waals surface area contributed by atoms with Crippen LogP contribution in [0.1, 0.15) is 19.8 Å². The molecule has 0 aliphatic carbocycles. The molecule has 25 heavy (non-hydrogen) atoms. The quantitative estimate of drug-likeness (QED) is 0.580. The third-order valence-corrected chi connectivity index (χ3v) is 3.77. The Morgan fingerprint density at radius 2 is 1.72 bits per heavy atom. The molecule has 0 bridgehead atoms. The summed E-state index contributed by atoms with van der Waals surface area (Å²) in [5, 5.41) is 0.453. The molecule has 0 spiro atoms. The van der Waals surface area contributed by atoms with E-state index in [1.807, 2.05) is 0 Å². The van der Waals surface area contributed by atoms with Gasteiger partial charge in [-0.05, 0) is 42.8 Å². The molecule has 0 amide bonds. The van der Waals surface area contributed by atoms with Crippen molar-refractivity contribution in [3.8, 4) is 23.0 Å². The van der Waals surface area contributed by atoms with E-state index in [0.717, 1.165) is 12.8 Å². The third-order valence-electron chi connectivity index (χ3n) is 3.77. The Kier molecular flexibility index (Phi) is 5.23. The van der Waals surface area contributed by atoms with Crippen LogP contribution in [0.15, 0.2) is 57.9 Å². The van der Waals surface area contributed by atoms with Crippen molar-refractivity contribution in [2.75, 3.05) is 13.7 Å². The Morgan fingerprint density at radius 1 is 1.00 bits per heavy atom. The van der Waals surface area contributed by atoms with Gasteiger partial charge >= 0.3 is 0 Å². The van der Waals surface area contributed by atoms with Crippen molar-refractivity contribution in [2.45, 2.75) is 19.8 Å². The molecule has 0 aliphatic rings.